The second-order valence-electron chi connectivity index (χ2n) is 4.39. The van der Waals surface area contributed by atoms with E-state index in [9.17, 15) is 4.21 Å². The van der Waals surface area contributed by atoms with Crippen molar-refractivity contribution in [2.45, 2.75) is 31.1 Å². The monoisotopic (exact) mass is 272 g/mol. The summed E-state index contributed by atoms with van der Waals surface area (Å²) in [6.07, 6.45) is 5.33. The van der Waals surface area contributed by atoms with Gasteiger partial charge in [-0.25, -0.2) is 4.98 Å². The van der Waals surface area contributed by atoms with E-state index in [4.69, 9.17) is 11.6 Å². The van der Waals surface area contributed by atoms with E-state index in [-0.39, 0.29) is 0 Å². The highest BCUT2D eigenvalue weighted by Gasteiger charge is 2.15. The maximum atomic E-state index is 12.0. The summed E-state index contributed by atoms with van der Waals surface area (Å²) in [6, 6.07) is 4.05. The van der Waals surface area contributed by atoms with Gasteiger partial charge in [-0.3, -0.25) is 4.21 Å². The quantitative estimate of drug-likeness (QED) is 0.854. The van der Waals surface area contributed by atoms with Crippen molar-refractivity contribution in [1.29, 1.82) is 0 Å². The fraction of sp³-hybridized carbons (Fsp3) is 0.583. The minimum Gasteiger partial charge on any atom is -0.313 e. The van der Waals surface area contributed by atoms with Crippen molar-refractivity contribution in [3.8, 4) is 0 Å². The summed E-state index contributed by atoms with van der Waals surface area (Å²) in [5.74, 6) is 1.31. The van der Waals surface area contributed by atoms with Crippen molar-refractivity contribution >= 4 is 22.4 Å². The lowest BCUT2D eigenvalue weighted by Crippen LogP contribution is -2.38. The topological polar surface area (TPSA) is 42.0 Å². The molecule has 94 valence electrons. The number of rotatable bonds is 4. The highest BCUT2D eigenvalue weighted by molar-refractivity contribution is 7.84. The van der Waals surface area contributed by atoms with Crippen LogP contribution in [-0.4, -0.2) is 27.5 Å². The smallest absolute Gasteiger partial charge is 0.129 e. The number of nitrogens with one attached hydrogen (secondary N) is 1. The van der Waals surface area contributed by atoms with Crippen LogP contribution in [0.2, 0.25) is 5.15 Å². The van der Waals surface area contributed by atoms with Crippen molar-refractivity contribution in [2.24, 2.45) is 0 Å². The van der Waals surface area contributed by atoms with Gasteiger partial charge in [-0.2, -0.15) is 0 Å². The third-order valence-corrected chi connectivity index (χ3v) is 4.57. The van der Waals surface area contributed by atoms with Crippen molar-refractivity contribution in [3.63, 3.8) is 0 Å². The minimum atomic E-state index is -0.821. The zero-order valence-electron chi connectivity index (χ0n) is 9.69. The first-order chi connectivity index (χ1) is 8.24. The first-order valence-electron chi connectivity index (χ1n) is 5.93. The van der Waals surface area contributed by atoms with Gasteiger partial charge in [0.25, 0.3) is 0 Å². The number of hydrogen-bond acceptors (Lipinski definition) is 3. The zero-order valence-corrected chi connectivity index (χ0v) is 11.3. The van der Waals surface area contributed by atoms with E-state index in [2.05, 4.69) is 10.3 Å². The van der Waals surface area contributed by atoms with Crippen LogP contribution in [0.15, 0.2) is 18.3 Å². The van der Waals surface area contributed by atoms with Gasteiger partial charge >= 0.3 is 0 Å². The van der Waals surface area contributed by atoms with E-state index in [1.807, 2.05) is 6.07 Å². The van der Waals surface area contributed by atoms with Gasteiger partial charge < -0.3 is 5.32 Å². The molecule has 17 heavy (non-hydrogen) atoms. The van der Waals surface area contributed by atoms with Crippen LogP contribution in [-0.2, 0) is 16.6 Å². The molecular formula is C12H17ClN2OS. The molecule has 0 aromatic carbocycles. The van der Waals surface area contributed by atoms with E-state index in [1.165, 1.54) is 12.8 Å². The Bertz CT molecular complexity index is 377. The number of piperidine rings is 1. The van der Waals surface area contributed by atoms with E-state index < -0.39 is 10.8 Å². The molecule has 1 aromatic heterocycles. The summed E-state index contributed by atoms with van der Waals surface area (Å²) in [5.41, 5.74) is 0.989. The number of hydrogen-bond donors (Lipinski definition) is 1. The molecule has 2 atom stereocenters. The molecule has 0 saturated carbocycles. The first-order valence-corrected chi connectivity index (χ1v) is 7.79. The summed E-state index contributed by atoms with van der Waals surface area (Å²) in [5, 5.41) is 3.90. The van der Waals surface area contributed by atoms with Crippen molar-refractivity contribution in [2.75, 3.05) is 12.3 Å². The Hall–Kier alpha value is -0.450. The van der Waals surface area contributed by atoms with Crippen LogP contribution in [0.5, 0.6) is 0 Å². The van der Waals surface area contributed by atoms with Crippen LogP contribution in [0.3, 0.4) is 0 Å². The minimum absolute atomic E-state index is 0.421. The van der Waals surface area contributed by atoms with Crippen molar-refractivity contribution in [3.05, 3.63) is 29.0 Å². The summed E-state index contributed by atoms with van der Waals surface area (Å²) in [4.78, 5) is 3.99. The maximum Gasteiger partial charge on any atom is 0.129 e. The molecule has 1 aromatic rings. The molecule has 1 fully saturated rings. The Kier molecular flexibility index (Phi) is 4.95. The largest absolute Gasteiger partial charge is 0.313 e. The van der Waals surface area contributed by atoms with E-state index >= 15 is 0 Å². The SMILES string of the molecule is O=[S@@](Cc1ccc(Cl)nc1)C[C@H]1CCCCN1. The molecule has 0 spiro atoms. The Labute approximate surface area is 109 Å². The van der Waals surface area contributed by atoms with Crippen LogP contribution in [0.4, 0.5) is 0 Å². The molecule has 2 rings (SSSR count). The predicted octanol–water partition coefficient (Wildman–Crippen LogP) is 2.13. The average Bonchev–Trinajstić information content (AvgIpc) is 2.33. The Morgan fingerprint density at radius 2 is 2.35 bits per heavy atom. The van der Waals surface area contributed by atoms with Crippen LogP contribution < -0.4 is 5.32 Å². The third-order valence-electron chi connectivity index (χ3n) is 2.92. The van der Waals surface area contributed by atoms with Crippen molar-refractivity contribution in [1.82, 2.24) is 10.3 Å². The lowest BCUT2D eigenvalue weighted by molar-refractivity contribution is 0.427. The van der Waals surface area contributed by atoms with Crippen LogP contribution in [0.25, 0.3) is 0 Å². The number of aromatic nitrogens is 1. The third kappa shape index (κ3) is 4.37. The molecule has 0 amide bonds. The van der Waals surface area contributed by atoms with Gasteiger partial charge in [0.2, 0.25) is 0 Å². The number of pyridine rings is 1. The molecule has 1 saturated heterocycles. The van der Waals surface area contributed by atoms with E-state index in [0.29, 0.717) is 16.9 Å². The lowest BCUT2D eigenvalue weighted by Gasteiger charge is -2.22. The molecule has 1 aliphatic rings. The van der Waals surface area contributed by atoms with Crippen LogP contribution >= 0.6 is 11.6 Å². The molecule has 1 N–H and O–H groups in total. The second kappa shape index (κ2) is 6.47. The van der Waals surface area contributed by atoms with E-state index in [0.717, 1.165) is 24.3 Å². The fourth-order valence-electron chi connectivity index (χ4n) is 2.03. The number of nitrogens with zero attached hydrogens (tertiary/aromatic N) is 1. The van der Waals surface area contributed by atoms with Crippen LogP contribution in [0, 0.1) is 0 Å². The Morgan fingerprint density at radius 1 is 1.47 bits per heavy atom. The first kappa shape index (κ1) is 13.0. The zero-order chi connectivity index (χ0) is 12.1. The summed E-state index contributed by atoms with van der Waals surface area (Å²) < 4.78 is 12.0. The molecule has 0 bridgehead atoms. The van der Waals surface area contributed by atoms with Gasteiger partial charge in [0.05, 0.1) is 5.75 Å². The number of halogens is 1. The molecular weight excluding hydrogens is 256 g/mol. The molecule has 2 heterocycles. The molecule has 0 radical (unpaired) electrons. The summed E-state index contributed by atoms with van der Waals surface area (Å²) in [6.45, 7) is 1.06. The fourth-order valence-corrected chi connectivity index (χ4v) is 3.53. The van der Waals surface area contributed by atoms with Gasteiger partial charge in [-0.1, -0.05) is 24.1 Å². The second-order valence-corrected chi connectivity index (χ2v) is 6.28. The summed E-state index contributed by atoms with van der Waals surface area (Å²) in [7, 11) is -0.821. The molecule has 5 heteroatoms. The molecule has 0 aliphatic carbocycles. The molecule has 0 unspecified atom stereocenters. The van der Waals surface area contributed by atoms with Gasteiger partial charge in [0.15, 0.2) is 0 Å². The molecule has 3 nitrogen and oxygen atoms in total. The Balaban J connectivity index is 1.82. The predicted molar refractivity (Wildman–Crippen MR) is 71.6 cm³/mol. The normalized spacial score (nSPS) is 22.3. The van der Waals surface area contributed by atoms with Gasteiger partial charge in [-0.15, -0.1) is 0 Å². The standard InChI is InChI=1S/C12H17ClN2OS/c13-12-5-4-10(7-15-12)8-17(16)9-11-3-1-2-6-14-11/h4-5,7,11,14H,1-3,6,8-9H2/t11-,17+/m1/s1. The Morgan fingerprint density at radius 3 is 3.00 bits per heavy atom. The van der Waals surface area contributed by atoms with Gasteiger partial charge in [0.1, 0.15) is 5.15 Å². The lowest BCUT2D eigenvalue weighted by atomic mass is 10.1. The average molecular weight is 273 g/mol. The van der Waals surface area contributed by atoms with Crippen LogP contribution in [0.1, 0.15) is 24.8 Å². The summed E-state index contributed by atoms with van der Waals surface area (Å²) >= 11 is 5.71. The van der Waals surface area contributed by atoms with Gasteiger partial charge in [-0.05, 0) is 31.0 Å². The highest BCUT2D eigenvalue weighted by Crippen LogP contribution is 2.11. The maximum absolute atomic E-state index is 12.0. The van der Waals surface area contributed by atoms with Crippen molar-refractivity contribution < 1.29 is 4.21 Å². The van der Waals surface area contributed by atoms with E-state index in [1.54, 1.807) is 12.3 Å². The molecule has 1 aliphatic heterocycles. The van der Waals surface area contributed by atoms with Gasteiger partial charge in [0, 0.05) is 28.8 Å². The highest BCUT2D eigenvalue weighted by atomic mass is 35.5.